The Kier molecular flexibility index (Phi) is 6.21. The molecule has 0 fully saturated rings. The molecule has 1 heterocycles. The minimum atomic E-state index is -0.0509. The van der Waals surface area contributed by atoms with Crippen LogP contribution in [0.2, 0.25) is 0 Å². The van der Waals surface area contributed by atoms with Crippen LogP contribution in [0.5, 0.6) is 5.75 Å². The number of rotatable bonds is 7. The van der Waals surface area contributed by atoms with Crippen LogP contribution < -0.4 is 10.1 Å². The van der Waals surface area contributed by atoms with Crippen LogP contribution in [0.3, 0.4) is 0 Å². The Morgan fingerprint density at radius 3 is 2.56 bits per heavy atom. The summed E-state index contributed by atoms with van der Waals surface area (Å²) in [6.07, 6.45) is 4.77. The molecule has 3 aromatic rings. The normalized spacial score (nSPS) is 11.6. The molecule has 4 nitrogen and oxygen atoms in total. The van der Waals surface area contributed by atoms with Gasteiger partial charge in [0.25, 0.3) is 0 Å². The lowest BCUT2D eigenvalue weighted by Crippen LogP contribution is -2.26. The predicted octanol–water partition coefficient (Wildman–Crippen LogP) is 4.57. The van der Waals surface area contributed by atoms with E-state index in [0.29, 0.717) is 12.8 Å². The molecule has 1 N–H and O–H groups in total. The standard InChI is InChI=1S/C23H24N2O2/c1-17(19-5-3-6-20(15-19)21-7-4-14-24-16-21)25-23(26)13-10-18-8-11-22(27-2)12-9-18/h3-9,11-12,14-17H,10,13H2,1-2H3,(H,25,26). The molecule has 0 spiro atoms. The molecule has 27 heavy (non-hydrogen) atoms. The maximum Gasteiger partial charge on any atom is 0.220 e. The number of hydrogen-bond donors (Lipinski definition) is 1. The third-order valence-electron chi connectivity index (χ3n) is 4.56. The van der Waals surface area contributed by atoms with Crippen LogP contribution in [0.4, 0.5) is 0 Å². The number of benzene rings is 2. The monoisotopic (exact) mass is 360 g/mol. The zero-order valence-corrected chi connectivity index (χ0v) is 15.7. The third-order valence-corrected chi connectivity index (χ3v) is 4.56. The Morgan fingerprint density at radius 2 is 1.85 bits per heavy atom. The molecule has 2 aromatic carbocycles. The minimum Gasteiger partial charge on any atom is -0.497 e. The highest BCUT2D eigenvalue weighted by atomic mass is 16.5. The van der Waals surface area contributed by atoms with Crippen LogP contribution in [-0.4, -0.2) is 18.0 Å². The van der Waals surface area contributed by atoms with Crippen molar-refractivity contribution in [1.82, 2.24) is 10.3 Å². The summed E-state index contributed by atoms with van der Waals surface area (Å²) in [5.74, 6) is 0.871. The molecule has 4 heteroatoms. The fraction of sp³-hybridized carbons (Fsp3) is 0.217. The van der Waals surface area contributed by atoms with Crippen molar-refractivity contribution >= 4 is 5.91 Å². The molecule has 1 amide bonds. The zero-order valence-electron chi connectivity index (χ0n) is 15.7. The van der Waals surface area contributed by atoms with Crippen molar-refractivity contribution in [3.63, 3.8) is 0 Å². The van der Waals surface area contributed by atoms with E-state index in [2.05, 4.69) is 22.4 Å². The van der Waals surface area contributed by atoms with E-state index >= 15 is 0 Å². The number of ether oxygens (including phenoxy) is 1. The first-order valence-electron chi connectivity index (χ1n) is 9.08. The Balaban J connectivity index is 1.58. The summed E-state index contributed by atoms with van der Waals surface area (Å²) < 4.78 is 5.15. The van der Waals surface area contributed by atoms with E-state index < -0.39 is 0 Å². The smallest absolute Gasteiger partial charge is 0.220 e. The van der Waals surface area contributed by atoms with Crippen molar-refractivity contribution in [3.05, 3.63) is 84.2 Å². The highest BCUT2D eigenvalue weighted by Crippen LogP contribution is 2.22. The van der Waals surface area contributed by atoms with E-state index in [1.807, 2.05) is 61.7 Å². The van der Waals surface area contributed by atoms with Gasteiger partial charge in [0, 0.05) is 18.8 Å². The summed E-state index contributed by atoms with van der Waals surface area (Å²) in [7, 11) is 1.65. The van der Waals surface area contributed by atoms with Crippen LogP contribution in [0.1, 0.15) is 30.5 Å². The third kappa shape index (κ3) is 5.17. The molecular weight excluding hydrogens is 336 g/mol. The Bertz CT molecular complexity index is 876. The van der Waals surface area contributed by atoms with Crippen LogP contribution in [0.25, 0.3) is 11.1 Å². The topological polar surface area (TPSA) is 51.2 Å². The fourth-order valence-corrected chi connectivity index (χ4v) is 2.97. The highest BCUT2D eigenvalue weighted by molar-refractivity contribution is 5.76. The second-order valence-corrected chi connectivity index (χ2v) is 6.50. The van der Waals surface area contributed by atoms with E-state index in [9.17, 15) is 4.79 Å². The average Bonchev–Trinajstić information content (AvgIpc) is 2.73. The van der Waals surface area contributed by atoms with Gasteiger partial charge >= 0.3 is 0 Å². The van der Waals surface area contributed by atoms with E-state index in [0.717, 1.165) is 28.0 Å². The van der Waals surface area contributed by atoms with Crippen LogP contribution in [0.15, 0.2) is 73.1 Å². The molecule has 0 radical (unpaired) electrons. The summed E-state index contributed by atoms with van der Waals surface area (Å²) in [5, 5.41) is 3.09. The molecule has 0 bridgehead atoms. The Morgan fingerprint density at radius 1 is 1.07 bits per heavy atom. The van der Waals surface area contributed by atoms with Gasteiger partial charge in [0.2, 0.25) is 5.91 Å². The number of nitrogens with zero attached hydrogens (tertiary/aromatic N) is 1. The van der Waals surface area contributed by atoms with Crippen molar-refractivity contribution in [1.29, 1.82) is 0 Å². The molecule has 1 unspecified atom stereocenters. The molecule has 0 aliphatic carbocycles. The zero-order chi connectivity index (χ0) is 19.1. The number of carbonyl (C=O) groups excluding carboxylic acids is 1. The Labute approximate surface area is 160 Å². The predicted molar refractivity (Wildman–Crippen MR) is 108 cm³/mol. The lowest BCUT2D eigenvalue weighted by Gasteiger charge is -2.15. The second kappa shape index (κ2) is 8.99. The van der Waals surface area contributed by atoms with Crippen LogP contribution in [-0.2, 0) is 11.2 Å². The van der Waals surface area contributed by atoms with Crippen molar-refractivity contribution in [3.8, 4) is 16.9 Å². The van der Waals surface area contributed by atoms with E-state index in [1.165, 1.54) is 0 Å². The summed E-state index contributed by atoms with van der Waals surface area (Å²) in [5.41, 5.74) is 4.36. The van der Waals surface area contributed by atoms with Gasteiger partial charge in [0.15, 0.2) is 0 Å². The highest BCUT2D eigenvalue weighted by Gasteiger charge is 2.11. The number of aromatic nitrogens is 1. The number of hydrogen-bond acceptors (Lipinski definition) is 3. The quantitative estimate of drug-likeness (QED) is 0.672. The first-order chi connectivity index (χ1) is 13.2. The van der Waals surface area contributed by atoms with E-state index in [4.69, 9.17) is 4.74 Å². The number of nitrogens with one attached hydrogen (secondary N) is 1. The van der Waals surface area contributed by atoms with Crippen molar-refractivity contribution in [2.45, 2.75) is 25.8 Å². The Hall–Kier alpha value is -3.14. The molecule has 3 rings (SSSR count). The summed E-state index contributed by atoms with van der Waals surface area (Å²) >= 11 is 0. The molecule has 138 valence electrons. The molecule has 0 aliphatic heterocycles. The molecule has 0 saturated carbocycles. The second-order valence-electron chi connectivity index (χ2n) is 6.50. The molecule has 1 aromatic heterocycles. The van der Waals surface area contributed by atoms with Gasteiger partial charge < -0.3 is 10.1 Å². The molecule has 0 saturated heterocycles. The lowest BCUT2D eigenvalue weighted by molar-refractivity contribution is -0.121. The largest absolute Gasteiger partial charge is 0.497 e. The van der Waals surface area contributed by atoms with Crippen molar-refractivity contribution in [2.75, 3.05) is 7.11 Å². The van der Waals surface area contributed by atoms with Crippen LogP contribution >= 0.6 is 0 Å². The van der Waals surface area contributed by atoms with Crippen LogP contribution in [0, 0.1) is 0 Å². The number of carbonyl (C=O) groups is 1. The van der Waals surface area contributed by atoms with Gasteiger partial charge in [-0.25, -0.2) is 0 Å². The van der Waals surface area contributed by atoms with Gasteiger partial charge in [-0.2, -0.15) is 0 Å². The number of pyridine rings is 1. The van der Waals surface area contributed by atoms with E-state index in [1.54, 1.807) is 13.3 Å². The number of amides is 1. The first-order valence-corrected chi connectivity index (χ1v) is 9.08. The lowest BCUT2D eigenvalue weighted by atomic mass is 10.0. The SMILES string of the molecule is COc1ccc(CCC(=O)NC(C)c2cccc(-c3cccnc3)c2)cc1. The summed E-state index contributed by atoms with van der Waals surface area (Å²) in [6.45, 7) is 2.01. The first kappa shape index (κ1) is 18.6. The average molecular weight is 360 g/mol. The van der Waals surface area contributed by atoms with Gasteiger partial charge in [0.05, 0.1) is 13.2 Å². The van der Waals surface area contributed by atoms with Gasteiger partial charge in [-0.15, -0.1) is 0 Å². The molecule has 0 aliphatic rings. The number of aryl methyl sites for hydroxylation is 1. The fourth-order valence-electron chi connectivity index (χ4n) is 2.97. The van der Waals surface area contributed by atoms with Gasteiger partial charge in [-0.1, -0.05) is 36.4 Å². The van der Waals surface area contributed by atoms with Gasteiger partial charge in [0.1, 0.15) is 5.75 Å². The van der Waals surface area contributed by atoms with Gasteiger partial charge in [-0.05, 0) is 59.9 Å². The summed E-state index contributed by atoms with van der Waals surface area (Å²) in [6, 6.07) is 19.9. The van der Waals surface area contributed by atoms with Gasteiger partial charge in [-0.3, -0.25) is 9.78 Å². The molecular formula is C23H24N2O2. The maximum absolute atomic E-state index is 12.3. The van der Waals surface area contributed by atoms with Crippen molar-refractivity contribution in [2.24, 2.45) is 0 Å². The molecule has 1 atom stereocenters. The maximum atomic E-state index is 12.3. The van der Waals surface area contributed by atoms with E-state index in [-0.39, 0.29) is 11.9 Å². The summed E-state index contributed by atoms with van der Waals surface area (Å²) in [4.78, 5) is 16.5. The van der Waals surface area contributed by atoms with Crippen molar-refractivity contribution < 1.29 is 9.53 Å². The minimum absolute atomic E-state index is 0.0464. The number of methoxy groups -OCH3 is 1.